The van der Waals surface area contributed by atoms with Gasteiger partial charge in [-0.2, -0.15) is 0 Å². The number of allylic oxidation sites excluding steroid dienone is 1. The van der Waals surface area contributed by atoms with E-state index in [4.69, 9.17) is 5.73 Å². The van der Waals surface area contributed by atoms with Crippen molar-refractivity contribution in [3.8, 4) is 0 Å². The number of carbonyl (C=O) groups is 1. The highest BCUT2D eigenvalue weighted by Crippen LogP contribution is 2.43. The lowest BCUT2D eigenvalue weighted by atomic mass is 9.87. The van der Waals surface area contributed by atoms with E-state index >= 15 is 0 Å². The zero-order valence-electron chi connectivity index (χ0n) is 13.7. The van der Waals surface area contributed by atoms with Crippen molar-refractivity contribution in [3.63, 3.8) is 0 Å². The Morgan fingerprint density at radius 3 is 2.50 bits per heavy atom. The maximum absolute atomic E-state index is 12.6. The summed E-state index contributed by atoms with van der Waals surface area (Å²) in [5.74, 6) is 0.905. The van der Waals surface area contributed by atoms with Gasteiger partial charge >= 0.3 is 0 Å². The van der Waals surface area contributed by atoms with Crippen molar-refractivity contribution in [2.75, 3.05) is 0 Å². The molecule has 0 aliphatic heterocycles. The van der Waals surface area contributed by atoms with Gasteiger partial charge in [0.1, 0.15) is 0 Å². The third-order valence-corrected chi connectivity index (χ3v) is 6.88. The van der Waals surface area contributed by atoms with Gasteiger partial charge in [0.2, 0.25) is 5.91 Å². The van der Waals surface area contributed by atoms with Gasteiger partial charge in [0.15, 0.2) is 5.16 Å². The molecule has 24 heavy (non-hydrogen) atoms. The minimum absolute atomic E-state index is 0.00197. The minimum Gasteiger partial charge on any atom is -0.353 e. The largest absolute Gasteiger partial charge is 0.353 e. The number of hydrogen-bond acceptors (Lipinski definition) is 5. The molecular formula is C18H24N4OS. The third-order valence-electron chi connectivity index (χ3n) is 5.66. The van der Waals surface area contributed by atoms with Gasteiger partial charge in [-0.25, -0.2) is 9.97 Å². The lowest BCUT2D eigenvalue weighted by Gasteiger charge is -2.31. The quantitative estimate of drug-likeness (QED) is 0.646. The highest BCUT2D eigenvalue weighted by Gasteiger charge is 2.46. The van der Waals surface area contributed by atoms with Crippen LogP contribution < -0.4 is 11.1 Å². The molecule has 2 bridgehead atoms. The van der Waals surface area contributed by atoms with E-state index in [0.29, 0.717) is 23.1 Å². The molecule has 4 atom stereocenters. The second kappa shape index (κ2) is 6.84. The SMILES string of the molecule is N[C@@H]1[C@H](C(=O)NC2CCC(Sc3ncccn3)CC2)[C@@H]2C=C[C@H]1C2. The first-order valence-electron chi connectivity index (χ1n) is 8.88. The van der Waals surface area contributed by atoms with Gasteiger partial charge in [-0.15, -0.1) is 0 Å². The summed E-state index contributed by atoms with van der Waals surface area (Å²) in [6.07, 6.45) is 13.2. The average Bonchev–Trinajstić information content (AvgIpc) is 3.18. The molecule has 1 aromatic heterocycles. The molecule has 128 valence electrons. The van der Waals surface area contributed by atoms with Crippen LogP contribution in [-0.4, -0.2) is 33.2 Å². The second-order valence-electron chi connectivity index (χ2n) is 7.18. The van der Waals surface area contributed by atoms with Gasteiger partial charge < -0.3 is 11.1 Å². The molecule has 4 rings (SSSR count). The number of fused-ring (bicyclic) bond motifs is 2. The molecule has 3 aliphatic carbocycles. The van der Waals surface area contributed by atoms with Gasteiger partial charge in [-0.05, 0) is 50.0 Å². The van der Waals surface area contributed by atoms with E-state index in [0.717, 1.165) is 37.3 Å². The number of aromatic nitrogens is 2. The molecule has 1 heterocycles. The van der Waals surface area contributed by atoms with E-state index in [-0.39, 0.29) is 17.9 Å². The number of nitrogens with one attached hydrogen (secondary N) is 1. The van der Waals surface area contributed by atoms with Crippen LogP contribution in [-0.2, 0) is 4.79 Å². The zero-order chi connectivity index (χ0) is 16.5. The van der Waals surface area contributed by atoms with E-state index in [1.807, 2.05) is 6.07 Å². The Morgan fingerprint density at radius 2 is 1.83 bits per heavy atom. The topological polar surface area (TPSA) is 80.9 Å². The number of thioether (sulfide) groups is 1. The van der Waals surface area contributed by atoms with E-state index in [2.05, 4.69) is 27.4 Å². The molecule has 1 amide bonds. The van der Waals surface area contributed by atoms with Crippen molar-refractivity contribution in [1.82, 2.24) is 15.3 Å². The second-order valence-corrected chi connectivity index (χ2v) is 8.45. The number of carbonyl (C=O) groups excluding carboxylic acids is 1. The lowest BCUT2D eigenvalue weighted by molar-refractivity contribution is -0.127. The van der Waals surface area contributed by atoms with E-state index in [1.165, 1.54) is 0 Å². The van der Waals surface area contributed by atoms with Crippen molar-refractivity contribution in [2.45, 2.75) is 54.6 Å². The van der Waals surface area contributed by atoms with Crippen molar-refractivity contribution in [3.05, 3.63) is 30.6 Å². The summed E-state index contributed by atoms with van der Waals surface area (Å²) in [5, 5.41) is 4.67. The monoisotopic (exact) mass is 344 g/mol. The molecule has 0 saturated heterocycles. The Balaban J connectivity index is 1.26. The molecule has 0 aromatic carbocycles. The molecule has 0 spiro atoms. The molecule has 3 aliphatic rings. The summed E-state index contributed by atoms with van der Waals surface area (Å²) < 4.78 is 0. The van der Waals surface area contributed by atoms with E-state index < -0.39 is 0 Å². The lowest BCUT2D eigenvalue weighted by Crippen LogP contribution is -2.48. The van der Waals surface area contributed by atoms with Crippen LogP contribution in [0, 0.1) is 17.8 Å². The predicted octanol–water partition coefficient (Wildman–Crippen LogP) is 2.15. The summed E-state index contributed by atoms with van der Waals surface area (Å²) in [6, 6.07) is 2.13. The fraction of sp³-hybridized carbons (Fsp3) is 0.611. The van der Waals surface area contributed by atoms with Crippen molar-refractivity contribution < 1.29 is 4.79 Å². The number of amides is 1. The van der Waals surface area contributed by atoms with E-state index in [9.17, 15) is 4.79 Å². The smallest absolute Gasteiger partial charge is 0.225 e. The summed E-state index contributed by atoms with van der Waals surface area (Å²) >= 11 is 1.76. The summed E-state index contributed by atoms with van der Waals surface area (Å²) in [6.45, 7) is 0. The standard InChI is InChI=1S/C18H24N4OS/c19-16-12-3-2-11(10-12)15(16)17(23)22-13-4-6-14(7-5-13)24-18-20-8-1-9-21-18/h1-3,8-9,11-16H,4-7,10,19H2,(H,22,23)/t11-,12+,13?,14?,15-,16+/m1/s1. The number of rotatable bonds is 4. The van der Waals surface area contributed by atoms with Crippen LogP contribution in [0.25, 0.3) is 0 Å². The van der Waals surface area contributed by atoms with Crippen LogP contribution in [0.1, 0.15) is 32.1 Å². The van der Waals surface area contributed by atoms with Gasteiger partial charge in [0.25, 0.3) is 0 Å². The first-order valence-corrected chi connectivity index (χ1v) is 9.76. The van der Waals surface area contributed by atoms with Crippen LogP contribution >= 0.6 is 11.8 Å². The third kappa shape index (κ3) is 3.22. The molecule has 3 N–H and O–H groups in total. The molecule has 2 fully saturated rings. The molecule has 6 heteroatoms. The number of nitrogens with zero attached hydrogens (tertiary/aromatic N) is 2. The van der Waals surface area contributed by atoms with Gasteiger partial charge in [0, 0.05) is 29.7 Å². The predicted molar refractivity (Wildman–Crippen MR) is 94.3 cm³/mol. The Bertz CT molecular complexity index is 615. The van der Waals surface area contributed by atoms with Gasteiger partial charge in [0.05, 0.1) is 5.92 Å². The van der Waals surface area contributed by atoms with Crippen molar-refractivity contribution in [1.29, 1.82) is 0 Å². The Labute approximate surface area is 146 Å². The number of hydrogen-bond donors (Lipinski definition) is 2. The molecule has 0 unspecified atom stereocenters. The number of nitrogens with two attached hydrogens (primary N) is 1. The van der Waals surface area contributed by atoms with Gasteiger partial charge in [-0.1, -0.05) is 23.9 Å². The zero-order valence-corrected chi connectivity index (χ0v) is 14.5. The average molecular weight is 344 g/mol. The fourth-order valence-electron chi connectivity index (χ4n) is 4.35. The molecule has 5 nitrogen and oxygen atoms in total. The maximum Gasteiger partial charge on any atom is 0.225 e. The van der Waals surface area contributed by atoms with Crippen LogP contribution in [0.3, 0.4) is 0 Å². The molecule has 2 saturated carbocycles. The van der Waals surface area contributed by atoms with Crippen LogP contribution in [0.2, 0.25) is 0 Å². The Kier molecular flexibility index (Phi) is 4.59. The van der Waals surface area contributed by atoms with Crippen molar-refractivity contribution in [2.24, 2.45) is 23.5 Å². The van der Waals surface area contributed by atoms with Crippen LogP contribution in [0.5, 0.6) is 0 Å². The summed E-state index contributed by atoms with van der Waals surface area (Å²) in [5.41, 5.74) is 6.25. The minimum atomic E-state index is -0.0233. The Hall–Kier alpha value is -1.40. The Morgan fingerprint density at radius 1 is 1.12 bits per heavy atom. The molecular weight excluding hydrogens is 320 g/mol. The summed E-state index contributed by atoms with van der Waals surface area (Å²) in [7, 11) is 0. The van der Waals surface area contributed by atoms with Crippen LogP contribution in [0.15, 0.2) is 35.8 Å². The fourth-order valence-corrected chi connectivity index (χ4v) is 5.40. The summed E-state index contributed by atoms with van der Waals surface area (Å²) in [4.78, 5) is 21.2. The van der Waals surface area contributed by atoms with Gasteiger partial charge in [-0.3, -0.25) is 4.79 Å². The van der Waals surface area contributed by atoms with Crippen molar-refractivity contribution >= 4 is 17.7 Å². The highest BCUT2D eigenvalue weighted by molar-refractivity contribution is 7.99. The van der Waals surface area contributed by atoms with Crippen LogP contribution in [0.4, 0.5) is 0 Å². The first-order chi connectivity index (χ1) is 11.7. The maximum atomic E-state index is 12.6. The normalized spacial score (nSPS) is 37.5. The first kappa shape index (κ1) is 16.1. The molecule has 1 aromatic rings. The highest BCUT2D eigenvalue weighted by atomic mass is 32.2. The van der Waals surface area contributed by atoms with E-state index in [1.54, 1.807) is 24.2 Å². The molecule has 0 radical (unpaired) electrons.